The summed E-state index contributed by atoms with van der Waals surface area (Å²) in [5.74, 6) is -0.542. The smallest absolute Gasteiger partial charge is 0.408 e. The van der Waals surface area contributed by atoms with Crippen LogP contribution in [0.3, 0.4) is 0 Å². The van der Waals surface area contributed by atoms with E-state index in [2.05, 4.69) is 25.3 Å². The Kier molecular flexibility index (Phi) is 9.67. The molecule has 0 aromatic carbocycles. The molecule has 2 amide bonds. The molecule has 11 heteroatoms. The number of aliphatic imine (C=N–C) groups is 1. The molecule has 5 atom stereocenters. The van der Waals surface area contributed by atoms with Gasteiger partial charge >= 0.3 is 12.1 Å². The molecule has 11 nitrogen and oxygen atoms in total. The second-order valence-corrected chi connectivity index (χ2v) is 9.74. The predicted molar refractivity (Wildman–Crippen MR) is 128 cm³/mol. The fraction of sp³-hybridized carbons (Fsp3) is 0.708. The Balaban J connectivity index is 2.20. The normalized spacial score (nSPS) is 19.0. The summed E-state index contributed by atoms with van der Waals surface area (Å²) in [5.41, 5.74) is -0.642. The molecular formula is C24H38N4O7. The number of nitrogens with one attached hydrogen (secondary N) is 2. The van der Waals surface area contributed by atoms with Crippen LogP contribution in [-0.4, -0.2) is 60.3 Å². The van der Waals surface area contributed by atoms with Gasteiger partial charge in [-0.2, -0.15) is 0 Å². The Labute approximate surface area is 206 Å². The number of aromatic nitrogens is 1. The first-order valence-corrected chi connectivity index (χ1v) is 11.9. The molecule has 0 saturated heterocycles. The maximum Gasteiger partial charge on any atom is 0.408 e. The van der Waals surface area contributed by atoms with Crippen molar-refractivity contribution in [3.05, 3.63) is 17.8 Å². The topological polar surface area (TPSA) is 141 Å². The molecule has 35 heavy (non-hydrogen) atoms. The third-order valence-electron chi connectivity index (χ3n) is 5.82. The molecular weight excluding hydrogens is 456 g/mol. The molecule has 0 aliphatic carbocycles. The molecule has 0 fully saturated rings. The maximum atomic E-state index is 13.3. The first-order valence-electron chi connectivity index (χ1n) is 11.9. The number of ether oxygens (including phenoxy) is 3. The summed E-state index contributed by atoms with van der Waals surface area (Å²) in [6.07, 6.45) is 1.98. The number of nitrogens with zero attached hydrogens (tertiary/aromatic N) is 2. The van der Waals surface area contributed by atoms with Gasteiger partial charge in [-0.05, 0) is 32.6 Å². The van der Waals surface area contributed by atoms with Gasteiger partial charge in [-0.1, -0.05) is 40.5 Å². The standard InChI is InChI=1S/C24H38N4O7/c1-9-13(3)17(28-23(31)35-24(5,6)7)19(29)27-18(14(4)10-2)21-25-15(11-34-21)20-26-16(12-33-20)22(30)32-8/h12-15,17-18H,9-11H2,1-8H3,(H,27,29)(H,28,31)/t13-,14-,15?,17-,18-/m0/s1. The maximum absolute atomic E-state index is 13.3. The van der Waals surface area contributed by atoms with Crippen molar-refractivity contribution in [3.8, 4) is 0 Å². The zero-order chi connectivity index (χ0) is 26.3. The zero-order valence-electron chi connectivity index (χ0n) is 21.8. The number of rotatable bonds is 10. The van der Waals surface area contributed by atoms with Crippen molar-refractivity contribution < 1.29 is 33.0 Å². The van der Waals surface area contributed by atoms with Crippen molar-refractivity contribution in [3.63, 3.8) is 0 Å². The first-order chi connectivity index (χ1) is 16.4. The average molecular weight is 495 g/mol. The van der Waals surface area contributed by atoms with Crippen LogP contribution in [0.25, 0.3) is 0 Å². The molecule has 2 rings (SSSR count). The number of carbonyl (C=O) groups excluding carboxylic acids is 3. The summed E-state index contributed by atoms with van der Waals surface area (Å²) in [7, 11) is 1.26. The van der Waals surface area contributed by atoms with E-state index in [0.29, 0.717) is 12.3 Å². The Bertz CT molecular complexity index is 921. The van der Waals surface area contributed by atoms with Crippen LogP contribution in [0, 0.1) is 11.8 Å². The van der Waals surface area contributed by atoms with E-state index >= 15 is 0 Å². The van der Waals surface area contributed by atoms with Crippen LogP contribution < -0.4 is 10.6 Å². The molecule has 1 aliphatic heterocycles. The average Bonchev–Trinajstić information content (AvgIpc) is 3.48. The predicted octanol–water partition coefficient (Wildman–Crippen LogP) is 3.40. The van der Waals surface area contributed by atoms with Gasteiger partial charge in [-0.15, -0.1) is 0 Å². The number of alkyl carbamates (subject to hydrolysis) is 1. The number of carbonyl (C=O) groups is 3. The van der Waals surface area contributed by atoms with Gasteiger partial charge in [0.1, 0.15) is 30.6 Å². The number of hydrogen-bond acceptors (Lipinski definition) is 9. The molecule has 1 aromatic rings. The molecule has 1 unspecified atom stereocenters. The van der Waals surface area contributed by atoms with Crippen molar-refractivity contribution >= 4 is 23.9 Å². The van der Waals surface area contributed by atoms with Gasteiger partial charge < -0.3 is 29.3 Å². The summed E-state index contributed by atoms with van der Waals surface area (Å²) in [4.78, 5) is 46.1. The lowest BCUT2D eigenvalue weighted by Gasteiger charge is -2.29. The minimum atomic E-state index is -0.798. The van der Waals surface area contributed by atoms with Gasteiger partial charge in [0.05, 0.1) is 7.11 Å². The molecule has 0 radical (unpaired) electrons. The van der Waals surface area contributed by atoms with Crippen LogP contribution in [0.1, 0.15) is 83.7 Å². The number of hydrogen-bond donors (Lipinski definition) is 2. The Morgan fingerprint density at radius 1 is 1.14 bits per heavy atom. The molecule has 2 heterocycles. The van der Waals surface area contributed by atoms with Crippen molar-refractivity contribution in [2.45, 2.75) is 85.0 Å². The van der Waals surface area contributed by atoms with E-state index < -0.39 is 35.8 Å². The minimum Gasteiger partial charge on any atom is -0.477 e. The Hall–Kier alpha value is -3.11. The fourth-order valence-corrected chi connectivity index (χ4v) is 3.39. The summed E-state index contributed by atoms with van der Waals surface area (Å²) in [6.45, 7) is 13.3. The van der Waals surface area contributed by atoms with Gasteiger partial charge in [-0.3, -0.25) is 4.79 Å². The van der Waals surface area contributed by atoms with Crippen LogP contribution in [0.2, 0.25) is 0 Å². The molecule has 0 bridgehead atoms. The summed E-state index contributed by atoms with van der Waals surface area (Å²) in [5, 5.41) is 5.72. The van der Waals surface area contributed by atoms with Crippen LogP contribution in [-0.2, 0) is 19.0 Å². The Morgan fingerprint density at radius 2 is 1.80 bits per heavy atom. The van der Waals surface area contributed by atoms with Gasteiger partial charge in [-0.25, -0.2) is 19.6 Å². The molecule has 1 aliphatic rings. The van der Waals surface area contributed by atoms with Gasteiger partial charge in [0.2, 0.25) is 17.7 Å². The molecule has 2 N–H and O–H groups in total. The van der Waals surface area contributed by atoms with E-state index in [0.717, 1.165) is 6.42 Å². The van der Waals surface area contributed by atoms with Crippen LogP contribution in [0.5, 0.6) is 0 Å². The third-order valence-corrected chi connectivity index (χ3v) is 5.82. The van der Waals surface area contributed by atoms with Crippen molar-refractivity contribution in [2.75, 3.05) is 13.7 Å². The van der Waals surface area contributed by atoms with Crippen LogP contribution in [0.4, 0.5) is 4.79 Å². The van der Waals surface area contributed by atoms with Crippen LogP contribution in [0.15, 0.2) is 15.7 Å². The van der Waals surface area contributed by atoms with Crippen molar-refractivity contribution in [1.29, 1.82) is 0 Å². The monoisotopic (exact) mass is 494 g/mol. The number of oxazole rings is 1. The van der Waals surface area contributed by atoms with E-state index in [4.69, 9.17) is 13.9 Å². The van der Waals surface area contributed by atoms with Crippen molar-refractivity contribution in [1.82, 2.24) is 15.6 Å². The van der Waals surface area contributed by atoms with E-state index in [1.807, 2.05) is 27.7 Å². The number of esters is 1. The molecule has 196 valence electrons. The third kappa shape index (κ3) is 7.69. The van der Waals surface area contributed by atoms with Gasteiger partial charge in [0, 0.05) is 0 Å². The highest BCUT2D eigenvalue weighted by Gasteiger charge is 2.36. The lowest BCUT2D eigenvalue weighted by atomic mass is 9.95. The van der Waals surface area contributed by atoms with E-state index in [1.54, 1.807) is 20.8 Å². The molecule has 1 aromatic heterocycles. The number of amides is 2. The highest BCUT2D eigenvalue weighted by molar-refractivity contribution is 5.92. The summed E-state index contributed by atoms with van der Waals surface area (Å²) in [6, 6.07) is -1.88. The first kappa shape index (κ1) is 28.1. The summed E-state index contributed by atoms with van der Waals surface area (Å²) < 4.78 is 21.2. The second-order valence-electron chi connectivity index (χ2n) is 9.74. The molecule has 0 spiro atoms. The fourth-order valence-electron chi connectivity index (χ4n) is 3.39. The highest BCUT2D eigenvalue weighted by Crippen LogP contribution is 2.26. The minimum absolute atomic E-state index is 0.00857. The number of methoxy groups -OCH3 is 1. The zero-order valence-corrected chi connectivity index (χ0v) is 21.8. The van der Waals surface area contributed by atoms with E-state index in [1.165, 1.54) is 13.4 Å². The van der Waals surface area contributed by atoms with Crippen LogP contribution >= 0.6 is 0 Å². The van der Waals surface area contributed by atoms with Gasteiger partial charge in [0.15, 0.2) is 11.7 Å². The lowest BCUT2D eigenvalue weighted by molar-refractivity contribution is -0.125. The second kappa shape index (κ2) is 12.0. The highest BCUT2D eigenvalue weighted by atomic mass is 16.6. The van der Waals surface area contributed by atoms with Gasteiger partial charge in [0.25, 0.3) is 0 Å². The summed E-state index contributed by atoms with van der Waals surface area (Å²) >= 11 is 0. The molecule has 0 saturated carbocycles. The van der Waals surface area contributed by atoms with Crippen molar-refractivity contribution in [2.24, 2.45) is 16.8 Å². The van der Waals surface area contributed by atoms with E-state index in [-0.39, 0.29) is 35.9 Å². The quantitative estimate of drug-likeness (QED) is 0.471. The SMILES string of the molecule is CC[C@H](C)[C@H](NC(=O)OC(C)(C)C)C(=O)N[C@H](C1=NC(c2nc(C(=O)OC)co2)CO1)[C@@H](C)CC. The lowest BCUT2D eigenvalue weighted by Crippen LogP contribution is -2.56. The largest absolute Gasteiger partial charge is 0.477 e. The Morgan fingerprint density at radius 3 is 2.37 bits per heavy atom. The van der Waals surface area contributed by atoms with E-state index in [9.17, 15) is 14.4 Å².